The first kappa shape index (κ1) is 18.8. The average Bonchev–Trinajstić information content (AvgIpc) is 2.65. The topological polar surface area (TPSA) is 159 Å². The largest absolute Gasteiger partial charge is 0.508 e. The van der Waals surface area contributed by atoms with Gasteiger partial charge in [-0.05, 0) is 17.7 Å². The number of β-lactam (4-membered cyclic amide) rings is 1. The highest BCUT2D eigenvalue weighted by Crippen LogP contribution is 2.34. The van der Waals surface area contributed by atoms with E-state index in [1.807, 2.05) is 0 Å². The summed E-state index contributed by atoms with van der Waals surface area (Å²) in [4.78, 5) is 49.3. The van der Waals surface area contributed by atoms with Crippen molar-refractivity contribution in [1.82, 2.24) is 10.2 Å². The van der Waals surface area contributed by atoms with Crippen LogP contribution in [0.5, 0.6) is 5.75 Å². The van der Waals surface area contributed by atoms with E-state index in [4.69, 9.17) is 10.5 Å². The van der Waals surface area contributed by atoms with Crippen molar-refractivity contribution in [1.29, 1.82) is 0 Å². The molecule has 2 amide bonds. The van der Waals surface area contributed by atoms with Crippen molar-refractivity contribution in [2.45, 2.75) is 36.7 Å². The Hall–Kier alpha value is -2.98. The number of rotatable bonds is 5. The molecule has 0 spiro atoms. The molecule has 10 nitrogen and oxygen atoms in total. The van der Waals surface area contributed by atoms with Gasteiger partial charge in [-0.3, -0.25) is 14.4 Å². The fraction of sp³-hybridized carbons (Fsp3) is 0.412. The van der Waals surface area contributed by atoms with E-state index in [-0.39, 0.29) is 12.2 Å². The van der Waals surface area contributed by atoms with Gasteiger partial charge < -0.3 is 30.9 Å². The molecule has 1 unspecified atom stereocenters. The molecule has 3 rings (SSSR count). The van der Waals surface area contributed by atoms with E-state index < -0.39 is 53.8 Å². The number of benzene rings is 1. The second kappa shape index (κ2) is 6.97. The number of aliphatic carboxylic acids is 1. The Kier molecular flexibility index (Phi) is 4.85. The molecule has 1 aromatic rings. The van der Waals surface area contributed by atoms with Gasteiger partial charge in [0.25, 0.3) is 0 Å². The van der Waals surface area contributed by atoms with E-state index in [1.165, 1.54) is 31.4 Å². The Morgan fingerprint density at radius 3 is 2.48 bits per heavy atom. The first-order chi connectivity index (χ1) is 12.8. The Morgan fingerprint density at radius 1 is 1.30 bits per heavy atom. The van der Waals surface area contributed by atoms with E-state index in [1.54, 1.807) is 0 Å². The van der Waals surface area contributed by atoms with E-state index in [0.29, 0.717) is 5.56 Å². The van der Waals surface area contributed by atoms with Gasteiger partial charge in [0.05, 0.1) is 6.04 Å². The van der Waals surface area contributed by atoms with E-state index in [2.05, 4.69) is 5.32 Å². The standard InChI is InChI=1S/C17H19N3O7/c1-27-10-6-9-12(16(24)20(9)13(14(10)22)17(25)26)19-15(23)11(18)7-2-4-8(21)5-3-7/h2-5,9-13,21H,6,18H2,1H3,(H,19,23)(H,25,26)/t9-,10+,11?,12-,13+/m0/s1. The second-order valence-corrected chi connectivity index (χ2v) is 6.47. The molecule has 10 heteroatoms. The summed E-state index contributed by atoms with van der Waals surface area (Å²) in [5.41, 5.74) is 6.32. The minimum absolute atomic E-state index is 0.0216. The quantitative estimate of drug-likeness (QED) is 0.357. The number of aromatic hydroxyl groups is 1. The van der Waals surface area contributed by atoms with Crippen LogP contribution in [0.4, 0.5) is 0 Å². The van der Waals surface area contributed by atoms with Gasteiger partial charge in [-0.1, -0.05) is 12.1 Å². The number of carbonyl (C=O) groups excluding carboxylic acids is 3. The number of carbonyl (C=O) groups is 4. The zero-order valence-corrected chi connectivity index (χ0v) is 14.4. The van der Waals surface area contributed by atoms with Crippen molar-refractivity contribution in [2.75, 3.05) is 7.11 Å². The number of nitrogens with two attached hydrogens (primary N) is 1. The molecule has 0 saturated carbocycles. The van der Waals surface area contributed by atoms with Crippen LogP contribution < -0.4 is 11.1 Å². The van der Waals surface area contributed by atoms with E-state index >= 15 is 0 Å². The van der Waals surface area contributed by atoms with Crippen molar-refractivity contribution in [3.05, 3.63) is 29.8 Å². The van der Waals surface area contributed by atoms with Gasteiger partial charge in [0.1, 0.15) is 23.9 Å². The summed E-state index contributed by atoms with van der Waals surface area (Å²) in [6.07, 6.45) is -0.879. The molecular formula is C17H19N3O7. The molecule has 0 aromatic heterocycles. The van der Waals surface area contributed by atoms with Crippen molar-refractivity contribution in [3.8, 4) is 5.75 Å². The highest BCUT2D eigenvalue weighted by molar-refractivity contribution is 6.11. The SMILES string of the molecule is CO[C@@H]1C[C@H]2[C@H](NC(=O)C(N)c3ccc(O)cc3)C(=O)N2[C@@H](C(=O)O)C1=O. The lowest BCUT2D eigenvalue weighted by Crippen LogP contribution is -2.79. The number of phenolic OH excluding ortho intramolecular Hbond substituents is 1. The van der Waals surface area contributed by atoms with Crippen LogP contribution >= 0.6 is 0 Å². The molecule has 2 saturated heterocycles. The Bertz CT molecular complexity index is 794. The zero-order chi connectivity index (χ0) is 19.9. The minimum atomic E-state index is -1.62. The first-order valence-electron chi connectivity index (χ1n) is 8.22. The van der Waals surface area contributed by atoms with Crippen LogP contribution in [0.3, 0.4) is 0 Å². The van der Waals surface area contributed by atoms with Crippen LogP contribution in [0.1, 0.15) is 18.0 Å². The lowest BCUT2D eigenvalue weighted by molar-refractivity contribution is -0.180. The minimum Gasteiger partial charge on any atom is -0.508 e. The molecule has 5 atom stereocenters. The summed E-state index contributed by atoms with van der Waals surface area (Å²) in [5.74, 6) is -3.39. The first-order valence-corrected chi connectivity index (χ1v) is 8.22. The maximum Gasteiger partial charge on any atom is 0.334 e. The van der Waals surface area contributed by atoms with Crippen LogP contribution in [0.25, 0.3) is 0 Å². The number of hydrogen-bond donors (Lipinski definition) is 4. The van der Waals surface area contributed by atoms with Crippen LogP contribution in [-0.2, 0) is 23.9 Å². The number of piperidine rings is 1. The number of nitrogens with one attached hydrogen (secondary N) is 1. The number of methoxy groups -OCH3 is 1. The number of nitrogens with zero attached hydrogens (tertiary/aromatic N) is 1. The van der Waals surface area contributed by atoms with Gasteiger partial charge >= 0.3 is 5.97 Å². The number of carboxylic acids is 1. The predicted octanol–water partition coefficient (Wildman–Crippen LogP) is -1.47. The van der Waals surface area contributed by atoms with Crippen LogP contribution in [-0.4, -0.2) is 70.0 Å². The number of hydrogen-bond acceptors (Lipinski definition) is 7. The van der Waals surface area contributed by atoms with Gasteiger partial charge in [0.2, 0.25) is 11.8 Å². The molecule has 144 valence electrons. The number of fused-ring (bicyclic) bond motifs is 1. The predicted molar refractivity (Wildman–Crippen MR) is 89.4 cm³/mol. The normalized spacial score (nSPS) is 28.1. The van der Waals surface area contributed by atoms with Gasteiger partial charge in [0, 0.05) is 13.5 Å². The monoisotopic (exact) mass is 377 g/mol. The maximum atomic E-state index is 12.4. The summed E-state index contributed by atoms with van der Waals surface area (Å²) in [5, 5.41) is 21.1. The van der Waals surface area contributed by atoms with Crippen LogP contribution in [0, 0.1) is 0 Å². The number of ketones is 1. The molecule has 0 aliphatic carbocycles. The van der Waals surface area contributed by atoms with Crippen molar-refractivity contribution < 1.29 is 34.1 Å². The summed E-state index contributed by atoms with van der Waals surface area (Å²) >= 11 is 0. The van der Waals surface area contributed by atoms with E-state index in [9.17, 15) is 29.4 Å². The second-order valence-electron chi connectivity index (χ2n) is 6.47. The fourth-order valence-corrected chi connectivity index (χ4v) is 3.47. The average molecular weight is 377 g/mol. The molecular weight excluding hydrogens is 358 g/mol. The summed E-state index contributed by atoms with van der Waals surface area (Å²) in [6.45, 7) is 0. The van der Waals surface area contributed by atoms with Gasteiger partial charge in [-0.25, -0.2) is 4.79 Å². The number of ether oxygens (including phenoxy) is 1. The van der Waals surface area contributed by atoms with E-state index in [0.717, 1.165) is 4.90 Å². The number of amides is 2. The number of Topliss-reactive ketones (excluding diaryl/α,β-unsaturated/α-hetero) is 1. The molecule has 1 aromatic carbocycles. The fourth-order valence-electron chi connectivity index (χ4n) is 3.47. The Morgan fingerprint density at radius 2 is 1.93 bits per heavy atom. The smallest absolute Gasteiger partial charge is 0.334 e. The Labute approximate surface area is 153 Å². The van der Waals surface area contributed by atoms with Crippen LogP contribution in [0.2, 0.25) is 0 Å². The highest BCUT2D eigenvalue weighted by Gasteiger charge is 2.60. The van der Waals surface area contributed by atoms with Crippen molar-refractivity contribution in [2.24, 2.45) is 5.73 Å². The molecule has 0 radical (unpaired) electrons. The molecule has 27 heavy (non-hydrogen) atoms. The number of phenols is 1. The van der Waals surface area contributed by atoms with Crippen molar-refractivity contribution in [3.63, 3.8) is 0 Å². The Balaban J connectivity index is 1.74. The molecule has 5 N–H and O–H groups in total. The van der Waals surface area contributed by atoms with Gasteiger partial charge in [-0.2, -0.15) is 0 Å². The molecule has 2 aliphatic heterocycles. The molecule has 2 aliphatic rings. The summed E-state index contributed by atoms with van der Waals surface area (Å²) < 4.78 is 5.04. The third-order valence-corrected chi connectivity index (χ3v) is 4.93. The van der Waals surface area contributed by atoms with Gasteiger partial charge in [-0.15, -0.1) is 0 Å². The lowest BCUT2D eigenvalue weighted by Gasteiger charge is -2.53. The summed E-state index contributed by atoms with van der Waals surface area (Å²) in [6, 6.07) is 1.37. The maximum absolute atomic E-state index is 12.4. The summed E-state index contributed by atoms with van der Waals surface area (Å²) in [7, 11) is 1.28. The number of carboxylic acid groups (broad SMARTS) is 1. The molecule has 0 bridgehead atoms. The highest BCUT2D eigenvalue weighted by atomic mass is 16.5. The zero-order valence-electron chi connectivity index (χ0n) is 14.4. The third kappa shape index (κ3) is 3.13. The molecule has 2 heterocycles. The van der Waals surface area contributed by atoms with Gasteiger partial charge in [0.15, 0.2) is 11.8 Å². The lowest BCUT2D eigenvalue weighted by atomic mass is 9.80. The third-order valence-electron chi connectivity index (χ3n) is 4.93. The van der Waals surface area contributed by atoms with Crippen LogP contribution in [0.15, 0.2) is 24.3 Å². The molecule has 2 fully saturated rings. The van der Waals surface area contributed by atoms with Crippen molar-refractivity contribution >= 4 is 23.6 Å².